The van der Waals surface area contributed by atoms with Crippen molar-refractivity contribution in [2.45, 2.75) is 222 Å². The summed E-state index contributed by atoms with van der Waals surface area (Å²) in [7, 11) is 0. The Morgan fingerprint density at radius 2 is 0.702 bits per heavy atom. The number of carboxylic acids is 1. The van der Waals surface area contributed by atoms with Gasteiger partial charge in [-0.3, -0.25) is 76.7 Å². The monoisotopic (exact) mass is 1750 g/mol. The minimum absolute atomic E-state index is 0.107. The highest BCUT2D eigenvalue weighted by Crippen LogP contribution is 2.17. The molecule has 16 amide bonds. The number of thioether (sulfide) groups is 2. The molecule has 0 fully saturated rings. The molecule has 0 aromatic heterocycles. The molecule has 0 spiro atoms. The topological polar surface area (TPSA) is 731 Å². The second-order valence-corrected chi connectivity index (χ2v) is 31.2. The zero-order valence-corrected chi connectivity index (χ0v) is 70.6. The van der Waals surface area contributed by atoms with Crippen LogP contribution in [-0.2, 0) is 94.3 Å². The van der Waals surface area contributed by atoms with Crippen LogP contribution in [0.5, 0.6) is 11.5 Å². The number of primary amides is 1. The number of nitrogens with one attached hydrogen (secondary N) is 15. The Kier molecular flexibility index (Phi) is 48.1. The van der Waals surface area contributed by atoms with E-state index in [4.69, 9.17) is 17.2 Å². The van der Waals surface area contributed by atoms with Crippen LogP contribution in [0.1, 0.15) is 111 Å². The second kappa shape index (κ2) is 54.6. The fourth-order valence-electron chi connectivity index (χ4n) is 11.3. The summed E-state index contributed by atoms with van der Waals surface area (Å²) in [4.78, 5) is 232. The summed E-state index contributed by atoms with van der Waals surface area (Å²) in [6.07, 6.45) is -3.66. The van der Waals surface area contributed by atoms with Crippen molar-refractivity contribution in [2.24, 2.45) is 29.0 Å². The first-order valence-corrected chi connectivity index (χ1v) is 41.6. The van der Waals surface area contributed by atoms with Gasteiger partial charge in [-0.05, 0) is 144 Å². The number of carboxylic acid groups (broad SMARTS) is 1. The summed E-state index contributed by atoms with van der Waals surface area (Å²) in [6, 6.07) is -13.9. The number of aliphatic hydroxyl groups is 6. The highest BCUT2D eigenvalue weighted by Gasteiger charge is 2.40. The number of aliphatic hydroxyl groups excluding tert-OH is 6. The molecule has 0 heterocycles. The van der Waals surface area contributed by atoms with Crippen molar-refractivity contribution in [1.82, 2.24) is 79.8 Å². The number of benzene rings is 2. The van der Waals surface area contributed by atoms with E-state index >= 15 is 0 Å². The Hall–Kier alpha value is -10.6. The molecule has 0 aliphatic heterocycles. The number of aromatic hydroxyl groups is 2. The zero-order chi connectivity index (χ0) is 91.7. The maximum atomic E-state index is 14.9. The van der Waals surface area contributed by atoms with Crippen molar-refractivity contribution in [3.05, 3.63) is 59.7 Å². The number of unbranched alkanes of at least 4 members (excludes halogenated alkanes) is 1. The normalized spacial score (nSPS) is 15.7. The summed E-state index contributed by atoms with van der Waals surface area (Å²) in [5, 5.41) is 127. The SMILES string of the molecule is CSCC[C@H](NC(=O)[C@H](Cc1ccc(O)cc1)NC(=O)[C@@H](NC(=O)[C@H](CCCCN)NC(=O)[C@H](Cc1ccc(O)cc1)NC(=O)[C@@H](NC(=O)[C@H](CCSC)NC(=O)[C@H](CCC(N)=O)NC(=O)[C@@H](NC(=O)[C@H](C)NC(=O)[C@H](CO)NC(=O)[C@@H](NC(=O)[C@@H](N)CO)C(C)C)[C@@H](C)O)[C@@H](C)O)C(C)C)C(=O)N[C@@H](CO)C(=O)NCC(=O)N[C@H](C(=O)O)[C@@H](C)O. The van der Waals surface area contributed by atoms with Gasteiger partial charge < -0.3 is 143 Å². The molecule has 678 valence electrons. The lowest BCUT2D eigenvalue weighted by Crippen LogP contribution is -2.63. The summed E-state index contributed by atoms with van der Waals surface area (Å²) in [5.74, 6) is -20.1. The van der Waals surface area contributed by atoms with Gasteiger partial charge in [-0.1, -0.05) is 52.0 Å². The van der Waals surface area contributed by atoms with Crippen molar-refractivity contribution >= 4 is 124 Å². The molecule has 0 radical (unpaired) electrons. The first-order valence-electron chi connectivity index (χ1n) is 38.8. The van der Waals surface area contributed by atoms with Crippen LogP contribution in [0, 0.1) is 11.8 Å². The molecule has 2 aromatic rings. The van der Waals surface area contributed by atoms with Crippen LogP contribution in [-0.4, -0.2) is 312 Å². The van der Waals surface area contributed by atoms with E-state index in [-0.39, 0.29) is 61.7 Å². The molecule has 121 heavy (non-hydrogen) atoms. The van der Waals surface area contributed by atoms with Gasteiger partial charge in [-0.2, -0.15) is 23.5 Å². The highest BCUT2D eigenvalue weighted by atomic mass is 32.2. The third-order valence-electron chi connectivity index (χ3n) is 18.4. The van der Waals surface area contributed by atoms with E-state index in [0.29, 0.717) is 17.5 Å². The van der Waals surface area contributed by atoms with Crippen molar-refractivity contribution in [3.8, 4) is 11.5 Å². The molecule has 44 nitrogen and oxygen atoms in total. The number of aliphatic carboxylic acids is 1. The smallest absolute Gasteiger partial charge is 0.328 e. The maximum Gasteiger partial charge on any atom is 0.328 e. The lowest BCUT2D eigenvalue weighted by Gasteiger charge is -2.30. The molecular formula is C75H120N18O26S2. The molecule has 0 aliphatic rings. The lowest BCUT2D eigenvalue weighted by molar-refractivity contribution is -0.144. The van der Waals surface area contributed by atoms with Gasteiger partial charge >= 0.3 is 5.97 Å². The van der Waals surface area contributed by atoms with Gasteiger partial charge in [0.2, 0.25) is 94.5 Å². The second-order valence-electron chi connectivity index (χ2n) is 29.2. The first-order chi connectivity index (χ1) is 56.9. The minimum Gasteiger partial charge on any atom is -0.508 e. The molecule has 18 atom stereocenters. The number of nitrogens with two attached hydrogens (primary N) is 3. The molecule has 2 rings (SSSR count). The van der Waals surface area contributed by atoms with Crippen LogP contribution in [0.15, 0.2) is 48.5 Å². The van der Waals surface area contributed by atoms with Gasteiger partial charge in [0.1, 0.15) is 96.1 Å². The number of hydrogen-bond donors (Lipinski definition) is 27. The maximum absolute atomic E-state index is 14.9. The summed E-state index contributed by atoms with van der Waals surface area (Å²) >= 11 is 2.44. The number of rotatable bonds is 56. The van der Waals surface area contributed by atoms with Crippen molar-refractivity contribution in [2.75, 3.05) is 56.9 Å². The molecule has 0 unspecified atom stereocenters. The van der Waals surface area contributed by atoms with E-state index in [9.17, 15) is 127 Å². The largest absolute Gasteiger partial charge is 0.508 e. The average Bonchev–Trinajstić information content (AvgIpc) is 0.824. The quantitative estimate of drug-likeness (QED) is 0.0274. The summed E-state index contributed by atoms with van der Waals surface area (Å²) in [5.41, 5.74) is 17.5. The average molecular weight is 1750 g/mol. The molecular weight excluding hydrogens is 1630 g/mol. The summed E-state index contributed by atoms with van der Waals surface area (Å²) in [6.45, 7) is 6.97. The van der Waals surface area contributed by atoms with Gasteiger partial charge in [0.05, 0.1) is 44.7 Å². The Morgan fingerprint density at radius 1 is 0.372 bits per heavy atom. The number of phenols is 2. The van der Waals surface area contributed by atoms with E-state index in [0.717, 1.165) is 27.7 Å². The molecule has 0 bridgehead atoms. The van der Waals surface area contributed by atoms with E-state index in [1.165, 1.54) is 99.7 Å². The Morgan fingerprint density at radius 3 is 1.08 bits per heavy atom. The standard InChI is InChI=1S/C75H120N18O26S2/c1-35(2)56(90-62(105)45(77)32-94)72(115)88-53(34-96)70(113)80-37(5)61(104)92-58(38(6)97)73(116)84-47(22-23-54(78)102)64(107)82-49(25-28-121-10)67(110)93-59(39(7)98)74(117)86-51(30-42-16-20-44(101)21-17-42)68(111)81-46(13-11-12-26-76)66(109)91-57(36(3)4)71(114)85-50(29-41-14-18-43(100)19-15-41)69(112)83-48(24-27-120-9)65(108)87-52(33-95)63(106)79-31-55(103)89-60(40(8)99)75(118)119/h14-21,35-40,45-53,56-60,94-101H,11-13,22-34,76-77H2,1-10H3,(H2,78,102)(H,79,106)(H,80,113)(H,81,111)(H,82,107)(H,83,112)(H,84,116)(H,85,114)(H,86,117)(H,87,108)(H,88,115)(H,89,103)(H,90,105)(H,91,109)(H,92,104)(H,93,110)(H,118,119)/t37-,38+,39+,40+,45-,46-,47-,48-,49-,50-,51-,52-,53-,56-,57-,58-,59-,60-/m0/s1. The zero-order valence-electron chi connectivity index (χ0n) is 69.0. The predicted molar refractivity (Wildman–Crippen MR) is 438 cm³/mol. The number of hydrogen-bond acceptors (Lipinski definition) is 29. The van der Waals surface area contributed by atoms with Crippen LogP contribution in [0.3, 0.4) is 0 Å². The van der Waals surface area contributed by atoms with Gasteiger partial charge in [-0.25, -0.2) is 4.79 Å². The molecule has 0 saturated carbocycles. The third kappa shape index (κ3) is 37.9. The number of carbonyl (C=O) groups excluding carboxylic acids is 16. The summed E-state index contributed by atoms with van der Waals surface area (Å²) < 4.78 is 0. The van der Waals surface area contributed by atoms with Crippen LogP contribution in [0.25, 0.3) is 0 Å². The molecule has 0 saturated heterocycles. The third-order valence-corrected chi connectivity index (χ3v) is 19.7. The van der Waals surface area contributed by atoms with E-state index in [1.54, 1.807) is 12.5 Å². The molecule has 30 N–H and O–H groups in total. The fourth-order valence-corrected chi connectivity index (χ4v) is 12.2. The molecule has 46 heteroatoms. The van der Waals surface area contributed by atoms with Crippen LogP contribution >= 0.6 is 23.5 Å². The highest BCUT2D eigenvalue weighted by molar-refractivity contribution is 7.98. The van der Waals surface area contributed by atoms with Crippen LogP contribution in [0.2, 0.25) is 0 Å². The van der Waals surface area contributed by atoms with Crippen LogP contribution in [0.4, 0.5) is 0 Å². The van der Waals surface area contributed by atoms with E-state index in [1.807, 2.05) is 5.32 Å². The minimum atomic E-state index is -1.97. The van der Waals surface area contributed by atoms with Gasteiger partial charge in [0.25, 0.3) is 0 Å². The Labute approximate surface area is 707 Å². The van der Waals surface area contributed by atoms with E-state index < -0.39 is 267 Å². The van der Waals surface area contributed by atoms with Gasteiger partial charge in [0.15, 0.2) is 6.04 Å². The van der Waals surface area contributed by atoms with Crippen molar-refractivity contribution in [3.63, 3.8) is 0 Å². The lowest BCUT2D eigenvalue weighted by atomic mass is 9.99. The Balaban J connectivity index is 2.54. The van der Waals surface area contributed by atoms with Crippen molar-refractivity contribution < 1.29 is 127 Å². The number of phenolic OH excluding ortho intramolecular Hbond substituents is 2. The fraction of sp³-hybridized carbons (Fsp3) is 0.613. The van der Waals surface area contributed by atoms with Crippen LogP contribution < -0.4 is 97.0 Å². The number of amides is 16. The molecule has 0 aliphatic carbocycles. The first kappa shape index (κ1) is 106. The predicted octanol–water partition coefficient (Wildman–Crippen LogP) is -9.45. The van der Waals surface area contributed by atoms with E-state index in [2.05, 4.69) is 74.4 Å². The molecule has 2 aromatic carbocycles. The number of carbonyl (C=O) groups is 17. The van der Waals surface area contributed by atoms with Crippen molar-refractivity contribution in [1.29, 1.82) is 0 Å². The van der Waals surface area contributed by atoms with Gasteiger partial charge in [0, 0.05) is 19.3 Å². The van der Waals surface area contributed by atoms with Gasteiger partial charge in [-0.15, -0.1) is 0 Å². The Bertz CT molecular complexity index is 3790.